The predicted octanol–water partition coefficient (Wildman–Crippen LogP) is 7.62. The zero-order valence-electron chi connectivity index (χ0n) is 14.9. The molecule has 0 saturated heterocycles. The van der Waals surface area contributed by atoms with Crippen molar-refractivity contribution < 1.29 is 0 Å². The maximum Gasteiger partial charge on any atom is -0.0233 e. The molecule has 0 aliphatic carbocycles. The zero-order chi connectivity index (χ0) is 15.8. The van der Waals surface area contributed by atoms with Gasteiger partial charge in [0.25, 0.3) is 0 Å². The lowest BCUT2D eigenvalue weighted by Crippen LogP contribution is -1.96. The van der Waals surface area contributed by atoms with Gasteiger partial charge in [0.2, 0.25) is 0 Å². The standard InChI is InChI=1S/C21H38/c1-5-8-10-11-12-13-14-15-16-20(4)18-19-21(7-3)17-9-6-2/h7,12-13,16,21H,3,5-6,8-11,14-15,17-19H2,1-2,4H3/b13-12+,20-16+. The molecule has 0 aromatic carbocycles. The topological polar surface area (TPSA) is 0 Å². The molecule has 0 radical (unpaired) electrons. The first-order valence-electron chi connectivity index (χ1n) is 9.17. The van der Waals surface area contributed by atoms with Crippen LogP contribution in [0.2, 0.25) is 0 Å². The van der Waals surface area contributed by atoms with E-state index in [-0.39, 0.29) is 0 Å². The minimum atomic E-state index is 0.715. The predicted molar refractivity (Wildman–Crippen MR) is 98.7 cm³/mol. The molecule has 1 atom stereocenters. The number of rotatable bonds is 14. The van der Waals surface area contributed by atoms with Gasteiger partial charge in [0.1, 0.15) is 0 Å². The van der Waals surface area contributed by atoms with Gasteiger partial charge >= 0.3 is 0 Å². The maximum absolute atomic E-state index is 3.98. The van der Waals surface area contributed by atoms with Gasteiger partial charge in [0.05, 0.1) is 0 Å². The van der Waals surface area contributed by atoms with Crippen LogP contribution >= 0.6 is 0 Å². The number of allylic oxidation sites excluding steroid dienone is 5. The fraction of sp³-hybridized carbons (Fsp3) is 0.714. The van der Waals surface area contributed by atoms with Crippen LogP contribution in [0.25, 0.3) is 0 Å². The Kier molecular flexibility index (Phi) is 15.0. The lowest BCUT2D eigenvalue weighted by molar-refractivity contribution is 0.518. The summed E-state index contributed by atoms with van der Waals surface area (Å²) in [4.78, 5) is 0. The molecule has 0 aliphatic heterocycles. The third-order valence-corrected chi connectivity index (χ3v) is 4.14. The summed E-state index contributed by atoms with van der Waals surface area (Å²) in [5, 5.41) is 0. The molecule has 0 rings (SSSR count). The molecule has 0 N–H and O–H groups in total. The van der Waals surface area contributed by atoms with Crippen LogP contribution in [-0.4, -0.2) is 0 Å². The highest BCUT2D eigenvalue weighted by Crippen LogP contribution is 2.19. The third-order valence-electron chi connectivity index (χ3n) is 4.14. The van der Waals surface area contributed by atoms with Crippen LogP contribution in [0.4, 0.5) is 0 Å². The summed E-state index contributed by atoms with van der Waals surface area (Å²) in [7, 11) is 0. The average Bonchev–Trinajstić information content (AvgIpc) is 2.50. The van der Waals surface area contributed by atoms with Crippen molar-refractivity contribution in [2.24, 2.45) is 5.92 Å². The summed E-state index contributed by atoms with van der Waals surface area (Å²) in [6, 6.07) is 0. The summed E-state index contributed by atoms with van der Waals surface area (Å²) < 4.78 is 0. The van der Waals surface area contributed by atoms with E-state index in [1.807, 2.05) is 0 Å². The molecule has 122 valence electrons. The Morgan fingerprint density at radius 3 is 2.29 bits per heavy atom. The highest BCUT2D eigenvalue weighted by Gasteiger charge is 2.03. The van der Waals surface area contributed by atoms with Gasteiger partial charge in [-0.1, -0.05) is 69.4 Å². The maximum atomic E-state index is 3.98. The second kappa shape index (κ2) is 15.6. The van der Waals surface area contributed by atoms with Gasteiger partial charge in [-0.2, -0.15) is 0 Å². The Hall–Kier alpha value is -0.780. The van der Waals surface area contributed by atoms with Crippen LogP contribution in [0.3, 0.4) is 0 Å². The molecule has 1 unspecified atom stereocenters. The van der Waals surface area contributed by atoms with E-state index in [0.717, 1.165) is 0 Å². The minimum absolute atomic E-state index is 0.715. The number of hydrogen-bond acceptors (Lipinski definition) is 0. The van der Waals surface area contributed by atoms with E-state index < -0.39 is 0 Å². The van der Waals surface area contributed by atoms with E-state index in [1.54, 1.807) is 5.57 Å². The summed E-state index contributed by atoms with van der Waals surface area (Å²) >= 11 is 0. The van der Waals surface area contributed by atoms with Crippen LogP contribution in [0, 0.1) is 5.92 Å². The molecule has 0 spiro atoms. The Morgan fingerprint density at radius 1 is 0.905 bits per heavy atom. The molecular formula is C21H38. The quantitative estimate of drug-likeness (QED) is 0.228. The largest absolute Gasteiger partial charge is 0.103 e. The summed E-state index contributed by atoms with van der Waals surface area (Å²) in [5.41, 5.74) is 1.55. The molecule has 0 fully saturated rings. The van der Waals surface area contributed by atoms with Crippen molar-refractivity contribution in [1.29, 1.82) is 0 Å². The number of unbranched alkanes of at least 4 members (excludes halogenated alkanes) is 5. The Balaban J connectivity index is 3.70. The molecule has 0 nitrogen and oxygen atoms in total. The van der Waals surface area contributed by atoms with Crippen LogP contribution in [0.1, 0.15) is 91.4 Å². The smallest absolute Gasteiger partial charge is 0.0233 e. The lowest BCUT2D eigenvalue weighted by Gasteiger charge is -2.11. The first-order chi connectivity index (χ1) is 10.2. The summed E-state index contributed by atoms with van der Waals surface area (Å²) in [6.07, 6.45) is 23.4. The lowest BCUT2D eigenvalue weighted by atomic mass is 9.94. The van der Waals surface area contributed by atoms with Gasteiger partial charge in [-0.25, -0.2) is 0 Å². The van der Waals surface area contributed by atoms with Gasteiger partial charge in [0, 0.05) is 0 Å². The molecule has 0 saturated carbocycles. The van der Waals surface area contributed by atoms with Crippen LogP contribution in [0.15, 0.2) is 36.5 Å². The zero-order valence-corrected chi connectivity index (χ0v) is 14.9. The van der Waals surface area contributed by atoms with Gasteiger partial charge in [-0.15, -0.1) is 6.58 Å². The summed E-state index contributed by atoms with van der Waals surface area (Å²) in [5.74, 6) is 0.715. The number of hydrogen-bond donors (Lipinski definition) is 0. The van der Waals surface area contributed by atoms with Gasteiger partial charge in [-0.05, 0) is 57.8 Å². The SMILES string of the molecule is C=CC(CCCC)CC/C(C)=C/CC/C=C/CCCCC. The van der Waals surface area contributed by atoms with Crippen LogP contribution in [0.5, 0.6) is 0 Å². The molecular weight excluding hydrogens is 252 g/mol. The van der Waals surface area contributed by atoms with Crippen molar-refractivity contribution in [3.63, 3.8) is 0 Å². The Bertz CT molecular complexity index is 282. The van der Waals surface area contributed by atoms with E-state index in [4.69, 9.17) is 0 Å². The van der Waals surface area contributed by atoms with Crippen LogP contribution < -0.4 is 0 Å². The van der Waals surface area contributed by atoms with Crippen molar-refractivity contribution in [3.05, 3.63) is 36.5 Å². The highest BCUT2D eigenvalue weighted by molar-refractivity contribution is 5.00. The molecule has 0 heteroatoms. The molecule has 0 bridgehead atoms. The average molecular weight is 291 g/mol. The molecule has 0 aliphatic rings. The molecule has 0 aromatic heterocycles. The van der Waals surface area contributed by atoms with Crippen molar-refractivity contribution in [2.75, 3.05) is 0 Å². The van der Waals surface area contributed by atoms with E-state index in [0.29, 0.717) is 5.92 Å². The van der Waals surface area contributed by atoms with Crippen molar-refractivity contribution in [2.45, 2.75) is 91.4 Å². The first kappa shape index (κ1) is 20.2. The second-order valence-corrected chi connectivity index (χ2v) is 6.27. The van der Waals surface area contributed by atoms with E-state index >= 15 is 0 Å². The van der Waals surface area contributed by atoms with Crippen molar-refractivity contribution >= 4 is 0 Å². The molecule has 21 heavy (non-hydrogen) atoms. The third kappa shape index (κ3) is 13.9. The van der Waals surface area contributed by atoms with Crippen molar-refractivity contribution in [3.8, 4) is 0 Å². The minimum Gasteiger partial charge on any atom is -0.103 e. The molecule has 0 heterocycles. The fourth-order valence-corrected chi connectivity index (χ4v) is 2.54. The van der Waals surface area contributed by atoms with E-state index in [9.17, 15) is 0 Å². The molecule has 0 aromatic rings. The Morgan fingerprint density at radius 2 is 1.62 bits per heavy atom. The monoisotopic (exact) mass is 290 g/mol. The van der Waals surface area contributed by atoms with Crippen molar-refractivity contribution in [1.82, 2.24) is 0 Å². The second-order valence-electron chi connectivity index (χ2n) is 6.27. The van der Waals surface area contributed by atoms with E-state index in [2.05, 4.69) is 51.7 Å². The summed E-state index contributed by atoms with van der Waals surface area (Å²) in [6.45, 7) is 10.8. The Labute approximate surface area is 134 Å². The highest BCUT2D eigenvalue weighted by atomic mass is 14.1. The van der Waals surface area contributed by atoms with Gasteiger partial charge in [-0.3, -0.25) is 0 Å². The van der Waals surface area contributed by atoms with Crippen LogP contribution in [-0.2, 0) is 0 Å². The fourth-order valence-electron chi connectivity index (χ4n) is 2.54. The van der Waals surface area contributed by atoms with Gasteiger partial charge < -0.3 is 0 Å². The molecule has 0 amide bonds. The van der Waals surface area contributed by atoms with Gasteiger partial charge in [0.15, 0.2) is 0 Å². The van der Waals surface area contributed by atoms with E-state index in [1.165, 1.54) is 70.6 Å². The first-order valence-corrected chi connectivity index (χ1v) is 9.17. The normalized spacial score (nSPS) is 13.8.